The summed E-state index contributed by atoms with van der Waals surface area (Å²) < 4.78 is 0. The maximum Gasteiger partial charge on any atom is 0.276 e. The van der Waals surface area contributed by atoms with Crippen molar-refractivity contribution in [1.82, 2.24) is 20.3 Å². The average Bonchev–Trinajstić information content (AvgIpc) is 2.76. The Labute approximate surface area is 97.4 Å². The number of aromatic nitrogens is 3. The highest BCUT2D eigenvalue weighted by Gasteiger charge is 2.16. The first-order valence-electron chi connectivity index (χ1n) is 5.00. The van der Waals surface area contributed by atoms with Crippen molar-refractivity contribution in [3.05, 3.63) is 11.9 Å². The smallest absolute Gasteiger partial charge is 0.276 e. The van der Waals surface area contributed by atoms with Gasteiger partial charge in [0.15, 0.2) is 5.69 Å². The summed E-state index contributed by atoms with van der Waals surface area (Å²) in [5.41, 5.74) is 0.382. The van der Waals surface area contributed by atoms with Crippen molar-refractivity contribution in [1.29, 1.82) is 0 Å². The van der Waals surface area contributed by atoms with Gasteiger partial charge in [-0.1, -0.05) is 29.3 Å². The lowest BCUT2D eigenvalue weighted by Gasteiger charge is -2.19. The molecule has 0 bridgehead atoms. The Bertz CT molecular complexity index is 288. The largest absolute Gasteiger partial charge is 0.336 e. The number of hydrogen-bond donors (Lipinski definition) is 1. The van der Waals surface area contributed by atoms with Crippen LogP contribution >= 0.6 is 15.9 Å². The average molecular weight is 275 g/mol. The van der Waals surface area contributed by atoms with E-state index in [1.807, 2.05) is 0 Å². The van der Waals surface area contributed by atoms with Crippen LogP contribution in [0, 0.1) is 0 Å². The first-order valence-corrected chi connectivity index (χ1v) is 6.12. The Morgan fingerprint density at radius 3 is 2.93 bits per heavy atom. The van der Waals surface area contributed by atoms with E-state index in [0.717, 1.165) is 24.7 Å². The number of halogens is 1. The Hall–Kier alpha value is -0.910. The van der Waals surface area contributed by atoms with Crippen molar-refractivity contribution in [2.75, 3.05) is 18.4 Å². The van der Waals surface area contributed by atoms with E-state index in [9.17, 15) is 4.79 Å². The molecule has 0 aliphatic rings. The molecule has 0 saturated heterocycles. The fraction of sp³-hybridized carbons (Fsp3) is 0.667. The fourth-order valence-electron chi connectivity index (χ4n) is 1.23. The van der Waals surface area contributed by atoms with E-state index in [1.165, 1.54) is 6.20 Å². The van der Waals surface area contributed by atoms with Gasteiger partial charge in [0, 0.05) is 18.4 Å². The summed E-state index contributed by atoms with van der Waals surface area (Å²) in [7, 11) is 0. The van der Waals surface area contributed by atoms with Crippen molar-refractivity contribution in [3.8, 4) is 0 Å². The lowest BCUT2D eigenvalue weighted by molar-refractivity contribution is 0.0758. The van der Waals surface area contributed by atoms with Gasteiger partial charge in [-0.25, -0.2) is 0 Å². The molecule has 15 heavy (non-hydrogen) atoms. The summed E-state index contributed by atoms with van der Waals surface area (Å²) in [6.45, 7) is 3.58. The maximum atomic E-state index is 11.9. The lowest BCUT2D eigenvalue weighted by atomic mass is 10.3. The van der Waals surface area contributed by atoms with Crippen LogP contribution in [0.4, 0.5) is 0 Å². The number of rotatable bonds is 6. The number of aromatic amines is 1. The minimum Gasteiger partial charge on any atom is -0.336 e. The zero-order valence-corrected chi connectivity index (χ0v) is 10.3. The quantitative estimate of drug-likeness (QED) is 0.799. The van der Waals surface area contributed by atoms with Gasteiger partial charge in [-0.15, -0.1) is 0 Å². The number of nitrogens with zero attached hydrogens (tertiary/aromatic N) is 3. The normalized spacial score (nSPS) is 10.3. The van der Waals surface area contributed by atoms with Gasteiger partial charge in [0.1, 0.15) is 0 Å². The minimum absolute atomic E-state index is 0.0587. The van der Waals surface area contributed by atoms with Crippen molar-refractivity contribution in [2.24, 2.45) is 0 Å². The van der Waals surface area contributed by atoms with Crippen LogP contribution in [0.3, 0.4) is 0 Å². The molecule has 0 aliphatic carbocycles. The van der Waals surface area contributed by atoms with Crippen LogP contribution in [0.5, 0.6) is 0 Å². The van der Waals surface area contributed by atoms with Crippen molar-refractivity contribution in [3.63, 3.8) is 0 Å². The summed E-state index contributed by atoms with van der Waals surface area (Å²) in [4.78, 5) is 13.7. The lowest BCUT2D eigenvalue weighted by Crippen LogP contribution is -2.33. The predicted octanol–water partition coefficient (Wildman–Crippen LogP) is 1.44. The summed E-state index contributed by atoms with van der Waals surface area (Å²) >= 11 is 3.34. The third-order valence-corrected chi connectivity index (χ3v) is 2.41. The molecule has 0 aromatic carbocycles. The standard InChI is InChI=1S/C9H15BrN4O/c1-2-3-5-14(6-4-10)9(15)8-7-11-13-12-8/h7H,2-6H2,1H3,(H,11,12,13). The first-order chi connectivity index (χ1) is 7.29. The highest BCUT2D eigenvalue weighted by Crippen LogP contribution is 2.03. The topological polar surface area (TPSA) is 61.9 Å². The summed E-state index contributed by atoms with van der Waals surface area (Å²) in [5.74, 6) is -0.0587. The second-order valence-corrected chi connectivity index (χ2v) is 3.98. The van der Waals surface area contributed by atoms with E-state index in [-0.39, 0.29) is 5.91 Å². The molecule has 6 heteroatoms. The molecule has 0 atom stereocenters. The Morgan fingerprint density at radius 1 is 1.60 bits per heavy atom. The summed E-state index contributed by atoms with van der Waals surface area (Å²) in [5, 5.41) is 10.6. The van der Waals surface area contributed by atoms with Crippen LogP contribution < -0.4 is 0 Å². The van der Waals surface area contributed by atoms with E-state index < -0.39 is 0 Å². The van der Waals surface area contributed by atoms with Gasteiger partial charge >= 0.3 is 0 Å². The van der Waals surface area contributed by atoms with Crippen LogP contribution in [0.2, 0.25) is 0 Å². The number of carbonyl (C=O) groups is 1. The van der Waals surface area contributed by atoms with E-state index in [1.54, 1.807) is 4.90 Å². The van der Waals surface area contributed by atoms with E-state index in [2.05, 4.69) is 38.3 Å². The molecule has 1 aromatic heterocycles. The molecule has 1 rings (SSSR count). The third kappa shape index (κ3) is 3.62. The molecular formula is C9H15BrN4O. The molecule has 0 spiro atoms. The van der Waals surface area contributed by atoms with Gasteiger partial charge in [-0.3, -0.25) is 4.79 Å². The second-order valence-electron chi connectivity index (χ2n) is 3.19. The molecule has 5 nitrogen and oxygen atoms in total. The number of H-pyrrole nitrogens is 1. The summed E-state index contributed by atoms with van der Waals surface area (Å²) in [6, 6.07) is 0. The predicted molar refractivity (Wildman–Crippen MR) is 61.0 cm³/mol. The monoisotopic (exact) mass is 274 g/mol. The maximum absolute atomic E-state index is 11.9. The van der Waals surface area contributed by atoms with E-state index in [0.29, 0.717) is 12.2 Å². The number of carbonyl (C=O) groups excluding carboxylic acids is 1. The third-order valence-electron chi connectivity index (χ3n) is 2.06. The van der Waals surface area contributed by atoms with Gasteiger partial charge in [0.2, 0.25) is 0 Å². The van der Waals surface area contributed by atoms with Crippen LogP contribution in [0.25, 0.3) is 0 Å². The fourth-order valence-corrected chi connectivity index (χ4v) is 1.66. The number of nitrogens with one attached hydrogen (secondary N) is 1. The zero-order valence-electron chi connectivity index (χ0n) is 8.74. The minimum atomic E-state index is -0.0587. The van der Waals surface area contributed by atoms with Crippen molar-refractivity contribution < 1.29 is 4.79 Å². The molecule has 0 unspecified atom stereocenters. The molecule has 1 amide bonds. The van der Waals surface area contributed by atoms with Crippen LogP contribution in [-0.2, 0) is 0 Å². The second kappa shape index (κ2) is 6.55. The molecule has 0 saturated carbocycles. The molecule has 1 heterocycles. The highest BCUT2D eigenvalue weighted by atomic mass is 79.9. The van der Waals surface area contributed by atoms with Gasteiger partial charge < -0.3 is 4.90 Å². The SMILES string of the molecule is CCCCN(CCBr)C(=O)c1cn[nH]n1. The van der Waals surface area contributed by atoms with E-state index in [4.69, 9.17) is 0 Å². The Morgan fingerprint density at radius 2 is 2.40 bits per heavy atom. The Balaban J connectivity index is 2.58. The molecular weight excluding hydrogens is 260 g/mol. The Kier molecular flexibility index (Phi) is 5.31. The molecule has 0 radical (unpaired) electrons. The number of hydrogen-bond acceptors (Lipinski definition) is 3. The van der Waals surface area contributed by atoms with Gasteiger partial charge in [-0.05, 0) is 6.42 Å². The van der Waals surface area contributed by atoms with Crippen LogP contribution in [0.15, 0.2) is 6.20 Å². The van der Waals surface area contributed by atoms with Gasteiger partial charge in [0.05, 0.1) is 6.20 Å². The molecule has 1 N–H and O–H groups in total. The molecule has 0 aliphatic heterocycles. The van der Waals surface area contributed by atoms with E-state index >= 15 is 0 Å². The number of unbranched alkanes of at least 4 members (excludes halogenated alkanes) is 1. The van der Waals surface area contributed by atoms with Gasteiger partial charge in [-0.2, -0.15) is 15.4 Å². The van der Waals surface area contributed by atoms with Crippen molar-refractivity contribution >= 4 is 21.8 Å². The summed E-state index contributed by atoms with van der Waals surface area (Å²) in [6.07, 6.45) is 3.54. The highest BCUT2D eigenvalue weighted by molar-refractivity contribution is 9.09. The van der Waals surface area contributed by atoms with Crippen LogP contribution in [0.1, 0.15) is 30.3 Å². The van der Waals surface area contributed by atoms with Gasteiger partial charge in [0.25, 0.3) is 5.91 Å². The number of amides is 1. The molecule has 0 fully saturated rings. The van der Waals surface area contributed by atoms with Crippen LogP contribution in [-0.4, -0.2) is 44.6 Å². The zero-order chi connectivity index (χ0) is 11.1. The molecule has 1 aromatic rings. The molecule has 84 valence electrons. The number of alkyl halides is 1. The first kappa shape index (κ1) is 12.2. The van der Waals surface area contributed by atoms with Crippen molar-refractivity contribution in [2.45, 2.75) is 19.8 Å².